The summed E-state index contributed by atoms with van der Waals surface area (Å²) in [5.41, 5.74) is -2.19. The van der Waals surface area contributed by atoms with Crippen molar-refractivity contribution in [2.75, 3.05) is 13.2 Å². The second-order valence-corrected chi connectivity index (χ2v) is 9.80. The van der Waals surface area contributed by atoms with Gasteiger partial charge in [-0.25, -0.2) is 0 Å². The largest absolute Gasteiger partial charge is 0.508 e. The van der Waals surface area contributed by atoms with E-state index in [1.165, 1.54) is 24.3 Å². The first kappa shape index (κ1) is 28.2. The number of phenolic OH excluding ortho intramolecular Hbond substituents is 3. The van der Waals surface area contributed by atoms with Crippen LogP contribution in [0.2, 0.25) is 0 Å². The third-order valence-electron chi connectivity index (χ3n) is 7.31. The van der Waals surface area contributed by atoms with Gasteiger partial charge in [-0.1, -0.05) is 0 Å². The lowest BCUT2D eigenvalue weighted by atomic mass is 9.85. The molecule has 14 heteroatoms. The van der Waals surface area contributed by atoms with Crippen LogP contribution in [0.1, 0.15) is 23.3 Å². The fourth-order valence-corrected chi connectivity index (χ4v) is 5.11. The van der Waals surface area contributed by atoms with E-state index < -0.39 is 107 Å². The van der Waals surface area contributed by atoms with Gasteiger partial charge in [0.15, 0.2) is 11.0 Å². The lowest BCUT2D eigenvalue weighted by molar-refractivity contribution is -0.231. The van der Waals surface area contributed by atoms with E-state index in [1.54, 1.807) is 0 Å². The highest BCUT2D eigenvalue weighted by molar-refractivity contribution is 5.92. The summed E-state index contributed by atoms with van der Waals surface area (Å²) in [6.45, 7) is -1.34. The predicted molar refractivity (Wildman–Crippen MR) is 132 cm³/mol. The minimum atomic E-state index is -1.96. The van der Waals surface area contributed by atoms with E-state index in [2.05, 4.69) is 0 Å². The molecule has 0 aliphatic carbocycles. The van der Waals surface area contributed by atoms with Crippen LogP contribution in [0.15, 0.2) is 39.5 Å². The lowest BCUT2D eigenvalue weighted by Gasteiger charge is -2.41. The smallest absolute Gasteiger partial charge is 0.197 e. The second kappa shape index (κ2) is 10.6. The number of benzene rings is 2. The molecule has 0 saturated carbocycles. The average Bonchev–Trinajstić information content (AvgIpc) is 2.92. The summed E-state index contributed by atoms with van der Waals surface area (Å²) in [5.74, 6) is -2.00. The Balaban J connectivity index is 1.81. The highest BCUT2D eigenvalue weighted by Gasteiger charge is 2.48. The predicted octanol–water partition coefficient (Wildman–Crippen LogP) is -1.75. The van der Waals surface area contributed by atoms with Gasteiger partial charge in [0.05, 0.1) is 24.3 Å². The van der Waals surface area contributed by atoms with Gasteiger partial charge < -0.3 is 65.0 Å². The standard InChI is InChI=1S/C26H28O14/c27-6-13-18(32)21(35)23(37)26(40-13)16-20(34)15(25-22(36)17(31)11(30)7-38-25)19(33)14-10(29)5-12(39-24(14)16)8-1-3-9(28)4-2-8/h1-5,11,13,17-18,21-23,25-28,30-37H,6-7H2/t11-,13+,17-,18-,21-,22-,23+,25+,26+/m1/s1. The molecule has 14 nitrogen and oxygen atoms in total. The van der Waals surface area contributed by atoms with Gasteiger partial charge >= 0.3 is 0 Å². The summed E-state index contributed by atoms with van der Waals surface area (Å²) in [7, 11) is 0. The molecule has 0 unspecified atom stereocenters. The number of hydrogen-bond donors (Lipinski definition) is 10. The van der Waals surface area contributed by atoms with E-state index in [4.69, 9.17) is 13.9 Å². The number of aliphatic hydroxyl groups excluding tert-OH is 7. The zero-order valence-corrected chi connectivity index (χ0v) is 20.6. The molecule has 3 aromatic rings. The van der Waals surface area contributed by atoms with Gasteiger partial charge in [-0.15, -0.1) is 0 Å². The first-order valence-electron chi connectivity index (χ1n) is 12.3. The molecule has 216 valence electrons. The maximum Gasteiger partial charge on any atom is 0.197 e. The molecule has 10 N–H and O–H groups in total. The zero-order chi connectivity index (χ0) is 29.0. The number of rotatable bonds is 4. The third kappa shape index (κ3) is 4.49. The molecular formula is C26H28O14. The number of hydrogen-bond acceptors (Lipinski definition) is 14. The van der Waals surface area contributed by atoms with Gasteiger partial charge in [-0.2, -0.15) is 0 Å². The number of aromatic hydroxyl groups is 3. The highest BCUT2D eigenvalue weighted by Crippen LogP contribution is 2.50. The van der Waals surface area contributed by atoms with E-state index in [-0.39, 0.29) is 11.5 Å². The zero-order valence-electron chi connectivity index (χ0n) is 20.6. The molecule has 2 fully saturated rings. The van der Waals surface area contributed by atoms with Gasteiger partial charge in [-0.3, -0.25) is 4.79 Å². The Bertz CT molecular complexity index is 1450. The van der Waals surface area contributed by atoms with E-state index >= 15 is 0 Å². The number of fused-ring (bicyclic) bond motifs is 1. The van der Waals surface area contributed by atoms with Crippen molar-refractivity contribution < 1.29 is 65.0 Å². The Hall–Kier alpha value is -3.31. The molecule has 0 spiro atoms. The minimum absolute atomic E-state index is 0.0767. The maximum absolute atomic E-state index is 13.4. The summed E-state index contributed by atoms with van der Waals surface area (Å²) in [6, 6.07) is 6.47. The van der Waals surface area contributed by atoms with Crippen LogP contribution in [0, 0.1) is 0 Å². The molecule has 2 aromatic carbocycles. The van der Waals surface area contributed by atoms with Gasteiger partial charge in [-0.05, 0) is 24.3 Å². The van der Waals surface area contributed by atoms with Gasteiger partial charge in [0, 0.05) is 11.6 Å². The van der Waals surface area contributed by atoms with Crippen LogP contribution in [-0.2, 0) is 9.47 Å². The molecule has 0 amide bonds. The molecule has 5 rings (SSSR count). The third-order valence-corrected chi connectivity index (χ3v) is 7.31. The number of aliphatic hydroxyl groups is 7. The first-order chi connectivity index (χ1) is 19.0. The van der Waals surface area contributed by atoms with Crippen LogP contribution in [0.5, 0.6) is 17.2 Å². The molecule has 2 aliphatic rings. The van der Waals surface area contributed by atoms with Crippen molar-refractivity contribution >= 4 is 11.0 Å². The van der Waals surface area contributed by atoms with Crippen LogP contribution in [-0.4, -0.2) is 107 Å². The molecule has 40 heavy (non-hydrogen) atoms. The molecule has 0 bridgehead atoms. The SMILES string of the molecule is O=c1cc(-c2ccc(O)cc2)oc2c([C@@H]3O[C@@H](CO)[C@@H](O)[C@@H](O)[C@@H]3O)c(O)c([C@@H]3OC[C@@H](O)[C@@H](O)[C@H]3O)c(O)c12. The first-order valence-corrected chi connectivity index (χ1v) is 12.3. The van der Waals surface area contributed by atoms with Crippen molar-refractivity contribution in [3.05, 3.63) is 51.7 Å². The van der Waals surface area contributed by atoms with E-state index in [9.17, 15) is 55.9 Å². The quantitative estimate of drug-likeness (QED) is 0.169. The summed E-state index contributed by atoms with van der Waals surface area (Å²) in [5, 5.41) is 104. The molecule has 0 radical (unpaired) electrons. The Morgan fingerprint density at radius 2 is 1.43 bits per heavy atom. The topological polar surface area (TPSA) is 251 Å². The van der Waals surface area contributed by atoms with Crippen molar-refractivity contribution in [1.82, 2.24) is 0 Å². The monoisotopic (exact) mass is 564 g/mol. The van der Waals surface area contributed by atoms with E-state index in [0.29, 0.717) is 5.56 Å². The lowest BCUT2D eigenvalue weighted by Crippen LogP contribution is -2.55. The second-order valence-electron chi connectivity index (χ2n) is 9.80. The van der Waals surface area contributed by atoms with Crippen molar-refractivity contribution in [2.24, 2.45) is 0 Å². The number of ether oxygens (including phenoxy) is 2. The Kier molecular flexibility index (Phi) is 7.47. The van der Waals surface area contributed by atoms with Crippen LogP contribution in [0.4, 0.5) is 0 Å². The van der Waals surface area contributed by atoms with Gasteiger partial charge in [0.1, 0.15) is 83.3 Å². The average molecular weight is 564 g/mol. The summed E-state index contributed by atoms with van der Waals surface area (Å²) >= 11 is 0. The van der Waals surface area contributed by atoms with Crippen LogP contribution < -0.4 is 5.43 Å². The summed E-state index contributed by atoms with van der Waals surface area (Å²) in [4.78, 5) is 13.4. The summed E-state index contributed by atoms with van der Waals surface area (Å²) in [6.07, 6.45) is -15.7. The maximum atomic E-state index is 13.4. The Morgan fingerprint density at radius 3 is 2.08 bits per heavy atom. The highest BCUT2D eigenvalue weighted by atomic mass is 16.5. The van der Waals surface area contributed by atoms with Crippen molar-refractivity contribution in [2.45, 2.75) is 54.9 Å². The molecule has 1 aromatic heterocycles. The fourth-order valence-electron chi connectivity index (χ4n) is 5.11. The molecule has 2 aliphatic heterocycles. The van der Waals surface area contributed by atoms with Crippen molar-refractivity contribution in [3.63, 3.8) is 0 Å². The van der Waals surface area contributed by atoms with Crippen LogP contribution in [0.3, 0.4) is 0 Å². The van der Waals surface area contributed by atoms with E-state index in [0.717, 1.165) is 6.07 Å². The van der Waals surface area contributed by atoms with Crippen molar-refractivity contribution in [1.29, 1.82) is 0 Å². The Morgan fingerprint density at radius 1 is 0.775 bits per heavy atom. The number of phenols is 3. The molecular weight excluding hydrogens is 536 g/mol. The minimum Gasteiger partial charge on any atom is -0.508 e. The molecule has 9 atom stereocenters. The van der Waals surface area contributed by atoms with Crippen LogP contribution in [0.25, 0.3) is 22.3 Å². The van der Waals surface area contributed by atoms with Crippen LogP contribution >= 0.6 is 0 Å². The normalized spacial score (nSPS) is 32.8. The van der Waals surface area contributed by atoms with E-state index in [1.807, 2.05) is 0 Å². The van der Waals surface area contributed by atoms with Crippen molar-refractivity contribution in [3.8, 4) is 28.6 Å². The molecule has 3 heterocycles. The summed E-state index contributed by atoms with van der Waals surface area (Å²) < 4.78 is 16.9. The molecule has 2 saturated heterocycles. The van der Waals surface area contributed by atoms with Gasteiger partial charge in [0.25, 0.3) is 0 Å². The van der Waals surface area contributed by atoms with Gasteiger partial charge in [0.2, 0.25) is 0 Å². The fraction of sp³-hybridized carbons (Fsp3) is 0.423. The Labute approximate surface area is 224 Å².